The highest BCUT2D eigenvalue weighted by atomic mass is 35.5. The molecular formula is C24H17Cl2N3O4. The molecule has 1 heterocycles. The lowest BCUT2D eigenvalue weighted by molar-refractivity contribution is -0.120. The highest BCUT2D eigenvalue weighted by Gasteiger charge is 2.39. The minimum Gasteiger partial charge on any atom is -0.508 e. The fourth-order valence-corrected chi connectivity index (χ4v) is 3.59. The Morgan fingerprint density at radius 3 is 2.30 bits per heavy atom. The van der Waals surface area contributed by atoms with Crippen molar-refractivity contribution in [2.24, 2.45) is 0 Å². The molecule has 0 saturated carbocycles. The number of benzene rings is 3. The van der Waals surface area contributed by atoms with Gasteiger partial charge in [-0.3, -0.25) is 14.4 Å². The standard InChI is InChI=1S/C24H17Cl2N3O4/c1-13-5-10-17(12-19(13)25)29-23(32)20(26)21(24(29)33)27-15-8-6-14(7-9-15)22(31)28-16-3-2-4-18(30)11-16/h2-12,27,30H,1H3,(H,28,31). The van der Waals surface area contributed by atoms with Gasteiger partial charge in [0.2, 0.25) is 0 Å². The van der Waals surface area contributed by atoms with E-state index in [2.05, 4.69) is 10.6 Å². The van der Waals surface area contributed by atoms with Crippen LogP contribution in [0.2, 0.25) is 5.02 Å². The molecule has 0 atom stereocenters. The number of halogens is 2. The molecule has 0 unspecified atom stereocenters. The van der Waals surface area contributed by atoms with Gasteiger partial charge in [0.25, 0.3) is 17.7 Å². The first-order chi connectivity index (χ1) is 15.7. The summed E-state index contributed by atoms with van der Waals surface area (Å²) in [6, 6.07) is 17.3. The fraction of sp³-hybridized carbons (Fsp3) is 0.0417. The number of phenols is 1. The van der Waals surface area contributed by atoms with Crippen LogP contribution >= 0.6 is 23.2 Å². The Balaban J connectivity index is 1.49. The second-order valence-corrected chi connectivity index (χ2v) is 8.06. The number of aromatic hydroxyl groups is 1. The highest BCUT2D eigenvalue weighted by Crippen LogP contribution is 2.32. The van der Waals surface area contributed by atoms with Gasteiger partial charge in [0.05, 0.1) is 5.69 Å². The number of amides is 3. The average Bonchev–Trinajstić information content (AvgIpc) is 2.99. The number of anilines is 3. The van der Waals surface area contributed by atoms with E-state index in [0.29, 0.717) is 27.6 Å². The molecule has 33 heavy (non-hydrogen) atoms. The molecule has 166 valence electrons. The number of hydrogen-bond acceptors (Lipinski definition) is 5. The van der Waals surface area contributed by atoms with Crippen LogP contribution in [-0.4, -0.2) is 22.8 Å². The zero-order valence-electron chi connectivity index (χ0n) is 17.2. The largest absolute Gasteiger partial charge is 0.508 e. The van der Waals surface area contributed by atoms with Gasteiger partial charge in [-0.05, 0) is 61.0 Å². The maximum absolute atomic E-state index is 12.9. The third kappa shape index (κ3) is 4.55. The first-order valence-electron chi connectivity index (χ1n) is 9.77. The van der Waals surface area contributed by atoms with Gasteiger partial charge in [-0.15, -0.1) is 0 Å². The average molecular weight is 482 g/mol. The second kappa shape index (κ2) is 8.97. The summed E-state index contributed by atoms with van der Waals surface area (Å²) < 4.78 is 0. The zero-order chi connectivity index (χ0) is 23.7. The van der Waals surface area contributed by atoms with Crippen molar-refractivity contribution in [1.82, 2.24) is 0 Å². The van der Waals surface area contributed by atoms with E-state index in [-0.39, 0.29) is 22.4 Å². The number of carbonyl (C=O) groups excluding carboxylic acids is 3. The minimum atomic E-state index is -0.661. The summed E-state index contributed by atoms with van der Waals surface area (Å²) in [4.78, 5) is 38.9. The van der Waals surface area contributed by atoms with Gasteiger partial charge in [0.15, 0.2) is 0 Å². The van der Waals surface area contributed by atoms with Gasteiger partial charge in [0, 0.05) is 28.0 Å². The van der Waals surface area contributed by atoms with E-state index in [1.54, 1.807) is 48.5 Å². The summed E-state index contributed by atoms with van der Waals surface area (Å²) in [6.45, 7) is 1.81. The van der Waals surface area contributed by atoms with Crippen molar-refractivity contribution in [3.63, 3.8) is 0 Å². The lowest BCUT2D eigenvalue weighted by atomic mass is 10.2. The van der Waals surface area contributed by atoms with Crippen molar-refractivity contribution < 1.29 is 19.5 Å². The number of hydrogen-bond donors (Lipinski definition) is 3. The molecule has 0 radical (unpaired) electrons. The van der Waals surface area contributed by atoms with E-state index in [1.165, 1.54) is 18.2 Å². The molecule has 3 aromatic rings. The molecule has 0 saturated heterocycles. The third-order valence-electron chi connectivity index (χ3n) is 4.96. The Bertz CT molecular complexity index is 1320. The van der Waals surface area contributed by atoms with E-state index >= 15 is 0 Å². The molecule has 1 aliphatic heterocycles. The summed E-state index contributed by atoms with van der Waals surface area (Å²) in [5.41, 5.74) is 2.32. The smallest absolute Gasteiger partial charge is 0.283 e. The van der Waals surface area contributed by atoms with Crippen molar-refractivity contribution in [3.8, 4) is 5.75 Å². The predicted octanol–water partition coefficient (Wildman–Crippen LogP) is 5.04. The van der Waals surface area contributed by atoms with Crippen LogP contribution in [0.3, 0.4) is 0 Å². The van der Waals surface area contributed by atoms with Gasteiger partial charge in [0.1, 0.15) is 16.5 Å². The summed E-state index contributed by atoms with van der Waals surface area (Å²) in [5.74, 6) is -1.61. The van der Waals surface area contributed by atoms with Gasteiger partial charge in [-0.25, -0.2) is 4.90 Å². The number of phenolic OH excluding ortho intramolecular Hbond substituents is 1. The maximum atomic E-state index is 12.9. The number of carbonyl (C=O) groups is 3. The second-order valence-electron chi connectivity index (χ2n) is 7.27. The zero-order valence-corrected chi connectivity index (χ0v) is 18.7. The van der Waals surface area contributed by atoms with Crippen LogP contribution in [0.1, 0.15) is 15.9 Å². The SMILES string of the molecule is Cc1ccc(N2C(=O)C(Cl)=C(Nc3ccc(C(=O)Nc4cccc(O)c4)cc3)C2=O)cc1Cl. The van der Waals surface area contributed by atoms with E-state index in [0.717, 1.165) is 10.5 Å². The molecule has 3 aromatic carbocycles. The van der Waals surface area contributed by atoms with Crippen molar-refractivity contribution in [2.45, 2.75) is 6.92 Å². The van der Waals surface area contributed by atoms with Crippen LogP contribution in [0.4, 0.5) is 17.1 Å². The lowest BCUT2D eigenvalue weighted by Gasteiger charge is -2.16. The molecule has 7 nitrogen and oxygen atoms in total. The van der Waals surface area contributed by atoms with E-state index in [9.17, 15) is 19.5 Å². The molecule has 0 aliphatic carbocycles. The van der Waals surface area contributed by atoms with E-state index in [1.807, 2.05) is 6.92 Å². The number of imide groups is 1. The molecular weight excluding hydrogens is 465 g/mol. The van der Waals surface area contributed by atoms with Crippen molar-refractivity contribution >= 4 is 58.0 Å². The quantitative estimate of drug-likeness (QED) is 0.443. The normalized spacial score (nSPS) is 13.5. The number of rotatable bonds is 5. The number of aryl methyl sites for hydroxylation is 1. The summed E-state index contributed by atoms with van der Waals surface area (Å²) in [7, 11) is 0. The van der Waals surface area contributed by atoms with Crippen LogP contribution in [0.25, 0.3) is 0 Å². The van der Waals surface area contributed by atoms with Gasteiger partial charge in [-0.2, -0.15) is 0 Å². The third-order valence-corrected chi connectivity index (χ3v) is 5.72. The molecule has 3 amide bonds. The Hall–Kier alpha value is -3.81. The van der Waals surface area contributed by atoms with E-state index < -0.39 is 11.8 Å². The van der Waals surface area contributed by atoms with Crippen molar-refractivity contribution in [2.75, 3.05) is 15.5 Å². The molecule has 0 aromatic heterocycles. The lowest BCUT2D eigenvalue weighted by Crippen LogP contribution is -2.32. The van der Waals surface area contributed by atoms with E-state index in [4.69, 9.17) is 23.2 Å². The molecule has 4 rings (SSSR count). The maximum Gasteiger partial charge on any atom is 0.283 e. The molecule has 0 fully saturated rings. The highest BCUT2D eigenvalue weighted by molar-refractivity contribution is 6.53. The summed E-state index contributed by atoms with van der Waals surface area (Å²) in [5, 5.41) is 15.2. The van der Waals surface area contributed by atoms with Crippen molar-refractivity contribution in [3.05, 3.63) is 93.6 Å². The number of nitrogens with one attached hydrogen (secondary N) is 2. The topological polar surface area (TPSA) is 98.7 Å². The molecule has 0 bridgehead atoms. The molecule has 3 N–H and O–H groups in total. The van der Waals surface area contributed by atoms with Crippen molar-refractivity contribution in [1.29, 1.82) is 0 Å². The van der Waals surface area contributed by atoms with Crippen LogP contribution < -0.4 is 15.5 Å². The van der Waals surface area contributed by atoms with Gasteiger partial charge in [-0.1, -0.05) is 35.3 Å². The summed E-state index contributed by atoms with van der Waals surface area (Å²) in [6.07, 6.45) is 0. The fourth-order valence-electron chi connectivity index (χ4n) is 3.20. The van der Waals surface area contributed by atoms with Crippen LogP contribution in [0.5, 0.6) is 5.75 Å². The van der Waals surface area contributed by atoms with Crippen LogP contribution in [0.15, 0.2) is 77.5 Å². The first kappa shape index (κ1) is 22.4. The molecule has 1 aliphatic rings. The van der Waals surface area contributed by atoms with Gasteiger partial charge < -0.3 is 15.7 Å². The Labute approximate surface area is 199 Å². The first-order valence-corrected chi connectivity index (χ1v) is 10.5. The van der Waals surface area contributed by atoms with Gasteiger partial charge >= 0.3 is 0 Å². The van der Waals surface area contributed by atoms with Crippen LogP contribution in [0, 0.1) is 6.92 Å². The Kier molecular flexibility index (Phi) is 6.09. The minimum absolute atomic E-state index is 0.0373. The predicted molar refractivity (Wildman–Crippen MR) is 128 cm³/mol. The Morgan fingerprint density at radius 1 is 0.909 bits per heavy atom. The van der Waals surface area contributed by atoms with Crippen LogP contribution in [-0.2, 0) is 9.59 Å². The monoisotopic (exact) mass is 481 g/mol. The number of nitrogens with zero attached hydrogens (tertiary/aromatic N) is 1. The Morgan fingerprint density at radius 2 is 1.64 bits per heavy atom. The molecule has 0 spiro atoms. The molecule has 9 heteroatoms. The summed E-state index contributed by atoms with van der Waals surface area (Å²) >= 11 is 12.3.